The van der Waals surface area contributed by atoms with E-state index in [1.165, 1.54) is 15.9 Å². The van der Waals surface area contributed by atoms with E-state index < -0.39 is 16.1 Å². The van der Waals surface area contributed by atoms with Crippen LogP contribution in [0.5, 0.6) is 0 Å². The Labute approximate surface area is 277 Å². The summed E-state index contributed by atoms with van der Waals surface area (Å²) < 4.78 is 5.83. The zero-order chi connectivity index (χ0) is 30.8. The molecule has 0 aliphatic rings. The summed E-state index contributed by atoms with van der Waals surface area (Å²) in [6.07, 6.45) is 6.95. The maximum absolute atomic E-state index is 5.83. The van der Waals surface area contributed by atoms with Gasteiger partial charge in [-0.1, -0.05) is 82.3 Å². The number of rotatable bonds is 6. The summed E-state index contributed by atoms with van der Waals surface area (Å²) in [6, 6.07) is 29.1. The molecule has 0 unspecified atom stereocenters. The third-order valence-electron chi connectivity index (χ3n) is 7.50. The molecule has 7 heteroatoms. The zero-order valence-electron chi connectivity index (χ0n) is 27.0. The summed E-state index contributed by atoms with van der Waals surface area (Å²) >= 11 is 0. The van der Waals surface area contributed by atoms with Gasteiger partial charge in [0, 0.05) is 44.1 Å². The Kier molecular flexibility index (Phi) is 10.6. The Hall–Kier alpha value is -3.23. The van der Waals surface area contributed by atoms with Gasteiger partial charge in [0.1, 0.15) is 0 Å². The average Bonchev–Trinajstić information content (AvgIpc) is 3.35. The molecule has 0 spiro atoms. The number of fused-ring (bicyclic) bond motifs is 3. The number of aromatic nitrogens is 3. The molecule has 4 aromatic heterocycles. The van der Waals surface area contributed by atoms with Gasteiger partial charge in [-0.2, -0.15) is 0 Å². The summed E-state index contributed by atoms with van der Waals surface area (Å²) in [5.74, 6) is 0.616. The molecule has 6 rings (SSSR count). The van der Waals surface area contributed by atoms with E-state index in [0.29, 0.717) is 11.6 Å². The van der Waals surface area contributed by atoms with Gasteiger partial charge in [-0.15, -0.1) is 59.7 Å². The molecule has 0 saturated heterocycles. The molecule has 0 aliphatic heterocycles. The summed E-state index contributed by atoms with van der Waals surface area (Å²) in [5, 5.41) is 4.95. The number of hydrogen-bond donors (Lipinski definition) is 0. The van der Waals surface area contributed by atoms with Crippen LogP contribution in [0.3, 0.4) is 0 Å². The number of nitrogens with zero attached hydrogens (tertiary/aromatic N) is 3. The van der Waals surface area contributed by atoms with Crippen LogP contribution in [0.2, 0.25) is 39.3 Å². The molecule has 0 bridgehead atoms. The Morgan fingerprint density at radius 1 is 0.750 bits per heavy atom. The zero-order valence-corrected chi connectivity index (χ0v) is 31.3. The Balaban J connectivity index is 0.000000223. The normalized spacial score (nSPS) is 11.8. The van der Waals surface area contributed by atoms with Crippen LogP contribution in [0.25, 0.3) is 44.6 Å². The summed E-state index contributed by atoms with van der Waals surface area (Å²) in [5.41, 5.74) is 6.96. The van der Waals surface area contributed by atoms with Crippen molar-refractivity contribution in [2.24, 2.45) is 5.92 Å². The Bertz CT molecular complexity index is 1840. The minimum absolute atomic E-state index is 0. The first-order chi connectivity index (χ1) is 20.4. The van der Waals surface area contributed by atoms with Gasteiger partial charge in [0.2, 0.25) is 5.71 Å². The smallest absolute Gasteiger partial charge is 0.216 e. The molecule has 44 heavy (non-hydrogen) atoms. The van der Waals surface area contributed by atoms with Gasteiger partial charge in [0.15, 0.2) is 0 Å². The number of furan rings is 1. The van der Waals surface area contributed by atoms with Crippen molar-refractivity contribution in [3.63, 3.8) is 0 Å². The van der Waals surface area contributed by atoms with Crippen molar-refractivity contribution >= 4 is 48.6 Å². The monoisotopic (exact) mass is 792 g/mol. The Morgan fingerprint density at radius 2 is 1.52 bits per heavy atom. The van der Waals surface area contributed by atoms with E-state index in [4.69, 9.17) is 9.40 Å². The van der Waals surface area contributed by atoms with Crippen LogP contribution in [0.1, 0.15) is 19.4 Å². The van der Waals surface area contributed by atoms with Crippen molar-refractivity contribution in [2.45, 2.75) is 59.6 Å². The van der Waals surface area contributed by atoms with E-state index >= 15 is 0 Å². The molecular formula is C37H41IrN3OSi2-2. The van der Waals surface area contributed by atoms with Crippen LogP contribution < -0.4 is 10.4 Å². The molecule has 0 amide bonds. The predicted molar refractivity (Wildman–Crippen MR) is 187 cm³/mol. The van der Waals surface area contributed by atoms with Gasteiger partial charge in [-0.25, -0.2) is 4.98 Å². The van der Waals surface area contributed by atoms with Gasteiger partial charge in [0.25, 0.3) is 0 Å². The van der Waals surface area contributed by atoms with E-state index in [2.05, 4.69) is 106 Å². The maximum Gasteiger partial charge on any atom is 0.216 e. The van der Waals surface area contributed by atoms with E-state index in [-0.39, 0.29) is 20.1 Å². The SMILES string of the molecule is CC(C)Cc1cc(-c2[c-]cc3oc4ncccc4c3c2)ncc1[Si](C)(C)C.C[Si](C)(C)c1ccc(-c2[c-]cccc2)nc1.[Ir]. The first-order valence-electron chi connectivity index (χ1n) is 15.0. The molecule has 4 heterocycles. The van der Waals surface area contributed by atoms with Crippen LogP contribution in [-0.2, 0) is 26.5 Å². The fraction of sp³-hybridized carbons (Fsp3) is 0.270. The molecular weight excluding hydrogens is 751 g/mol. The van der Waals surface area contributed by atoms with Crippen molar-refractivity contribution in [1.29, 1.82) is 0 Å². The first-order valence-corrected chi connectivity index (χ1v) is 22.0. The molecule has 229 valence electrons. The summed E-state index contributed by atoms with van der Waals surface area (Å²) in [7, 11) is -2.66. The molecule has 0 fully saturated rings. The van der Waals surface area contributed by atoms with Crippen molar-refractivity contribution in [3.05, 3.63) is 103 Å². The second-order valence-electron chi connectivity index (χ2n) is 13.6. The average molecular weight is 792 g/mol. The number of benzene rings is 2. The first kappa shape index (κ1) is 33.7. The van der Waals surface area contributed by atoms with Crippen molar-refractivity contribution in [2.75, 3.05) is 0 Å². The molecule has 0 saturated carbocycles. The molecule has 6 aromatic rings. The quantitative estimate of drug-likeness (QED) is 0.125. The second kappa shape index (κ2) is 13.8. The Morgan fingerprint density at radius 3 is 2.16 bits per heavy atom. The van der Waals surface area contributed by atoms with Crippen LogP contribution in [0.15, 0.2) is 89.7 Å². The minimum atomic E-state index is -1.43. The second-order valence-corrected chi connectivity index (χ2v) is 23.7. The van der Waals surface area contributed by atoms with Gasteiger partial charge < -0.3 is 14.4 Å². The fourth-order valence-electron chi connectivity index (χ4n) is 5.18. The summed E-state index contributed by atoms with van der Waals surface area (Å²) in [4.78, 5) is 13.6. The summed E-state index contributed by atoms with van der Waals surface area (Å²) in [6.45, 7) is 18.7. The van der Waals surface area contributed by atoms with E-state index in [1.54, 1.807) is 6.20 Å². The standard InChI is InChI=1S/C23H25N2OSi.C14H16NSi.Ir/c1-15(2)11-17-13-20(25-14-22(17)27(3,4)5)16-8-9-21-19(12-16)18-7-6-10-24-23(18)26-21;1-16(2,3)13-9-10-14(15-11-13)12-7-5-4-6-8-12;/h6-7,9-10,12-15H,11H2,1-5H3;4-7,9-11H,1-3H3;/q2*-1;. The van der Waals surface area contributed by atoms with Gasteiger partial charge >= 0.3 is 0 Å². The minimum Gasteiger partial charge on any atom is -0.486 e. The predicted octanol–water partition coefficient (Wildman–Crippen LogP) is 8.68. The third-order valence-corrected chi connectivity index (χ3v) is 11.6. The van der Waals surface area contributed by atoms with Crippen molar-refractivity contribution in [3.8, 4) is 22.5 Å². The molecule has 4 nitrogen and oxygen atoms in total. The van der Waals surface area contributed by atoms with Crippen LogP contribution in [0.4, 0.5) is 0 Å². The van der Waals surface area contributed by atoms with E-state index in [9.17, 15) is 0 Å². The third kappa shape index (κ3) is 7.88. The van der Waals surface area contributed by atoms with Crippen LogP contribution in [-0.4, -0.2) is 31.1 Å². The molecule has 2 aromatic carbocycles. The maximum atomic E-state index is 5.83. The number of pyridine rings is 3. The van der Waals surface area contributed by atoms with Crippen molar-refractivity contribution < 1.29 is 24.5 Å². The molecule has 0 aliphatic carbocycles. The molecule has 0 atom stereocenters. The largest absolute Gasteiger partial charge is 0.486 e. The molecule has 0 N–H and O–H groups in total. The van der Waals surface area contributed by atoms with Gasteiger partial charge in [-0.05, 0) is 46.2 Å². The van der Waals surface area contributed by atoms with Crippen molar-refractivity contribution in [1.82, 2.24) is 15.0 Å². The number of hydrogen-bond acceptors (Lipinski definition) is 4. The topological polar surface area (TPSA) is 51.8 Å². The van der Waals surface area contributed by atoms with Gasteiger partial charge in [-0.3, -0.25) is 0 Å². The van der Waals surface area contributed by atoms with Crippen LogP contribution in [0, 0.1) is 18.1 Å². The fourth-order valence-corrected chi connectivity index (χ4v) is 7.80. The van der Waals surface area contributed by atoms with Crippen LogP contribution >= 0.6 is 0 Å². The van der Waals surface area contributed by atoms with E-state index in [1.807, 2.05) is 48.7 Å². The van der Waals surface area contributed by atoms with E-state index in [0.717, 1.165) is 45.3 Å². The van der Waals surface area contributed by atoms with Gasteiger partial charge in [0.05, 0.1) is 21.7 Å². The molecule has 1 radical (unpaired) electrons.